The van der Waals surface area contributed by atoms with Crippen LogP contribution in [0.4, 0.5) is 0 Å². The molecule has 0 bridgehead atoms. The van der Waals surface area contributed by atoms with Crippen molar-refractivity contribution in [3.63, 3.8) is 0 Å². The SMILES string of the molecule is CCCNC(=O)[C@@H](N)Cc1nccs1. The molecule has 1 aromatic heterocycles. The van der Waals surface area contributed by atoms with E-state index in [2.05, 4.69) is 10.3 Å². The summed E-state index contributed by atoms with van der Waals surface area (Å²) in [7, 11) is 0. The lowest BCUT2D eigenvalue weighted by Gasteiger charge is -2.09. The van der Waals surface area contributed by atoms with Crippen LogP contribution in [0, 0.1) is 0 Å². The molecule has 14 heavy (non-hydrogen) atoms. The zero-order valence-corrected chi connectivity index (χ0v) is 9.01. The van der Waals surface area contributed by atoms with Gasteiger partial charge in [-0.05, 0) is 6.42 Å². The molecule has 1 atom stereocenters. The summed E-state index contributed by atoms with van der Waals surface area (Å²) in [6.45, 7) is 2.69. The highest BCUT2D eigenvalue weighted by Gasteiger charge is 2.14. The number of nitrogens with zero attached hydrogens (tertiary/aromatic N) is 1. The molecule has 4 nitrogen and oxygen atoms in total. The van der Waals surface area contributed by atoms with Crippen LogP contribution in [0.3, 0.4) is 0 Å². The minimum Gasteiger partial charge on any atom is -0.355 e. The molecule has 1 heterocycles. The fraction of sp³-hybridized carbons (Fsp3) is 0.556. The van der Waals surface area contributed by atoms with Gasteiger partial charge in [-0.1, -0.05) is 6.92 Å². The number of nitrogens with two attached hydrogens (primary N) is 1. The first-order valence-corrected chi connectivity index (χ1v) is 5.53. The molecule has 1 rings (SSSR count). The molecule has 0 saturated heterocycles. The van der Waals surface area contributed by atoms with Gasteiger partial charge >= 0.3 is 0 Å². The van der Waals surface area contributed by atoms with Crippen molar-refractivity contribution >= 4 is 17.2 Å². The molecule has 0 aromatic carbocycles. The Kier molecular flexibility index (Phi) is 4.55. The smallest absolute Gasteiger partial charge is 0.237 e. The summed E-state index contributed by atoms with van der Waals surface area (Å²) >= 11 is 1.52. The molecule has 5 heteroatoms. The van der Waals surface area contributed by atoms with E-state index in [1.54, 1.807) is 6.20 Å². The summed E-state index contributed by atoms with van der Waals surface area (Å²) in [5, 5.41) is 5.55. The van der Waals surface area contributed by atoms with Gasteiger partial charge in [-0.2, -0.15) is 0 Å². The van der Waals surface area contributed by atoms with Gasteiger partial charge < -0.3 is 11.1 Å². The number of rotatable bonds is 5. The number of thiazole rings is 1. The van der Waals surface area contributed by atoms with Crippen LogP contribution in [0.5, 0.6) is 0 Å². The molecule has 3 N–H and O–H groups in total. The Morgan fingerprint density at radius 3 is 3.14 bits per heavy atom. The van der Waals surface area contributed by atoms with Crippen molar-refractivity contribution in [3.05, 3.63) is 16.6 Å². The Morgan fingerprint density at radius 1 is 1.79 bits per heavy atom. The fourth-order valence-corrected chi connectivity index (χ4v) is 1.69. The maximum Gasteiger partial charge on any atom is 0.237 e. The van der Waals surface area contributed by atoms with Crippen LogP contribution >= 0.6 is 11.3 Å². The van der Waals surface area contributed by atoms with Crippen molar-refractivity contribution in [2.75, 3.05) is 6.54 Å². The van der Waals surface area contributed by atoms with Crippen molar-refractivity contribution in [3.8, 4) is 0 Å². The van der Waals surface area contributed by atoms with E-state index in [0.29, 0.717) is 13.0 Å². The van der Waals surface area contributed by atoms with Gasteiger partial charge in [0.05, 0.1) is 11.0 Å². The minimum atomic E-state index is -0.479. The van der Waals surface area contributed by atoms with Crippen molar-refractivity contribution < 1.29 is 4.79 Å². The molecular weight excluding hydrogens is 198 g/mol. The number of nitrogens with one attached hydrogen (secondary N) is 1. The van der Waals surface area contributed by atoms with Crippen LogP contribution in [-0.2, 0) is 11.2 Å². The lowest BCUT2D eigenvalue weighted by Crippen LogP contribution is -2.42. The summed E-state index contributed by atoms with van der Waals surface area (Å²) in [4.78, 5) is 15.4. The van der Waals surface area contributed by atoms with Gasteiger partial charge in [0.15, 0.2) is 0 Å². The second-order valence-corrected chi connectivity index (χ2v) is 4.01. The molecule has 78 valence electrons. The van der Waals surface area contributed by atoms with Gasteiger partial charge in [-0.15, -0.1) is 11.3 Å². The molecule has 0 aliphatic heterocycles. The first kappa shape index (κ1) is 11.1. The summed E-state index contributed by atoms with van der Waals surface area (Å²) in [5.74, 6) is -0.0953. The van der Waals surface area contributed by atoms with Crippen LogP contribution in [0.25, 0.3) is 0 Å². The van der Waals surface area contributed by atoms with Crippen molar-refractivity contribution in [1.29, 1.82) is 0 Å². The number of amides is 1. The van der Waals surface area contributed by atoms with Gasteiger partial charge in [-0.25, -0.2) is 4.98 Å². The monoisotopic (exact) mass is 213 g/mol. The molecular formula is C9H15N3OS. The van der Waals surface area contributed by atoms with Crippen molar-refractivity contribution in [2.24, 2.45) is 5.73 Å². The van der Waals surface area contributed by atoms with E-state index in [9.17, 15) is 4.79 Å². The van der Waals surface area contributed by atoms with E-state index < -0.39 is 6.04 Å². The number of carbonyl (C=O) groups is 1. The van der Waals surface area contributed by atoms with Crippen LogP contribution in [0.2, 0.25) is 0 Å². The van der Waals surface area contributed by atoms with Gasteiger partial charge in [-0.3, -0.25) is 4.79 Å². The third kappa shape index (κ3) is 3.43. The third-order valence-electron chi connectivity index (χ3n) is 1.76. The summed E-state index contributed by atoms with van der Waals surface area (Å²) in [6, 6.07) is -0.479. The van der Waals surface area contributed by atoms with Crippen LogP contribution in [-0.4, -0.2) is 23.5 Å². The largest absolute Gasteiger partial charge is 0.355 e. The lowest BCUT2D eigenvalue weighted by atomic mass is 10.2. The molecule has 0 radical (unpaired) electrons. The first-order chi connectivity index (χ1) is 6.74. The predicted molar refractivity (Wildman–Crippen MR) is 57.1 cm³/mol. The Balaban J connectivity index is 2.34. The van der Waals surface area contributed by atoms with E-state index >= 15 is 0 Å². The standard InChI is InChI=1S/C9H15N3OS/c1-2-3-12-9(13)7(10)6-8-11-4-5-14-8/h4-5,7H,2-3,6,10H2,1H3,(H,12,13)/t7-/m0/s1. The summed E-state index contributed by atoms with van der Waals surface area (Å²) in [5.41, 5.74) is 5.70. The molecule has 0 aliphatic rings. The number of hydrogen-bond donors (Lipinski definition) is 2. The maximum absolute atomic E-state index is 11.4. The molecule has 0 fully saturated rings. The van der Waals surface area contributed by atoms with Crippen molar-refractivity contribution in [2.45, 2.75) is 25.8 Å². The van der Waals surface area contributed by atoms with Gasteiger partial charge in [0, 0.05) is 24.5 Å². The number of hydrogen-bond acceptors (Lipinski definition) is 4. The quantitative estimate of drug-likeness (QED) is 0.750. The van der Waals surface area contributed by atoms with E-state index in [1.165, 1.54) is 11.3 Å². The Labute approximate surface area is 87.5 Å². The second kappa shape index (κ2) is 5.72. The van der Waals surface area contributed by atoms with Gasteiger partial charge in [0.2, 0.25) is 5.91 Å². The molecule has 0 spiro atoms. The molecule has 0 aliphatic carbocycles. The fourth-order valence-electron chi connectivity index (χ4n) is 1.01. The minimum absolute atomic E-state index is 0.0953. The summed E-state index contributed by atoms with van der Waals surface area (Å²) in [6.07, 6.45) is 3.17. The average Bonchev–Trinajstić information content (AvgIpc) is 2.66. The Hall–Kier alpha value is -0.940. The molecule has 1 amide bonds. The van der Waals surface area contributed by atoms with E-state index in [1.807, 2.05) is 12.3 Å². The summed E-state index contributed by atoms with van der Waals surface area (Å²) < 4.78 is 0. The lowest BCUT2D eigenvalue weighted by molar-refractivity contribution is -0.122. The number of carbonyl (C=O) groups excluding carboxylic acids is 1. The van der Waals surface area contributed by atoms with Crippen LogP contribution in [0.1, 0.15) is 18.4 Å². The molecule has 1 aromatic rings. The average molecular weight is 213 g/mol. The third-order valence-corrected chi connectivity index (χ3v) is 2.57. The highest BCUT2D eigenvalue weighted by atomic mass is 32.1. The maximum atomic E-state index is 11.4. The zero-order valence-electron chi connectivity index (χ0n) is 8.19. The predicted octanol–water partition coefficient (Wildman–Crippen LogP) is 0.539. The van der Waals surface area contributed by atoms with Crippen LogP contribution < -0.4 is 11.1 Å². The van der Waals surface area contributed by atoms with Crippen molar-refractivity contribution in [1.82, 2.24) is 10.3 Å². The normalized spacial score (nSPS) is 12.4. The van der Waals surface area contributed by atoms with E-state index in [0.717, 1.165) is 11.4 Å². The van der Waals surface area contributed by atoms with Crippen LogP contribution in [0.15, 0.2) is 11.6 Å². The van der Waals surface area contributed by atoms with E-state index in [-0.39, 0.29) is 5.91 Å². The zero-order chi connectivity index (χ0) is 10.4. The molecule has 0 unspecified atom stereocenters. The molecule has 0 saturated carbocycles. The highest BCUT2D eigenvalue weighted by molar-refractivity contribution is 7.09. The van der Waals surface area contributed by atoms with Gasteiger partial charge in [0.25, 0.3) is 0 Å². The number of aromatic nitrogens is 1. The highest BCUT2D eigenvalue weighted by Crippen LogP contribution is 2.06. The topological polar surface area (TPSA) is 68.0 Å². The first-order valence-electron chi connectivity index (χ1n) is 4.65. The Bertz CT molecular complexity index is 274. The van der Waals surface area contributed by atoms with E-state index in [4.69, 9.17) is 5.73 Å². The van der Waals surface area contributed by atoms with Gasteiger partial charge in [0.1, 0.15) is 0 Å². The second-order valence-electron chi connectivity index (χ2n) is 3.03. The Morgan fingerprint density at radius 2 is 2.57 bits per heavy atom.